The average molecular weight is 250 g/mol. The highest BCUT2D eigenvalue weighted by atomic mass is 16.2. The van der Waals surface area contributed by atoms with Crippen molar-refractivity contribution in [3.63, 3.8) is 0 Å². The smallest absolute Gasteiger partial charge is 0.269 e. The lowest BCUT2D eigenvalue weighted by atomic mass is 9.81. The molecule has 5 heteroatoms. The molecule has 18 heavy (non-hydrogen) atoms. The van der Waals surface area contributed by atoms with E-state index in [2.05, 4.69) is 22.7 Å². The number of aryl methyl sites for hydroxylation is 2. The zero-order valence-corrected chi connectivity index (χ0v) is 11.4. The number of hydrogen-bond acceptors (Lipinski definition) is 3. The number of piperidine rings is 1. The monoisotopic (exact) mass is 250 g/mol. The van der Waals surface area contributed by atoms with Crippen molar-refractivity contribution < 1.29 is 4.79 Å². The first-order chi connectivity index (χ1) is 8.50. The second kappa shape index (κ2) is 5.10. The highest BCUT2D eigenvalue weighted by Crippen LogP contribution is 2.26. The number of amides is 1. The average Bonchev–Trinajstić information content (AvgIpc) is 2.67. The van der Waals surface area contributed by atoms with Crippen molar-refractivity contribution in [1.29, 1.82) is 0 Å². The third-order valence-corrected chi connectivity index (χ3v) is 3.72. The molecule has 0 radical (unpaired) electrons. The van der Waals surface area contributed by atoms with Crippen molar-refractivity contribution in [2.75, 3.05) is 19.6 Å². The van der Waals surface area contributed by atoms with E-state index in [-0.39, 0.29) is 11.3 Å². The Morgan fingerprint density at radius 3 is 2.78 bits per heavy atom. The zero-order valence-electron chi connectivity index (χ0n) is 11.4. The summed E-state index contributed by atoms with van der Waals surface area (Å²) < 4.78 is 1.63. The first-order valence-corrected chi connectivity index (χ1v) is 6.50. The summed E-state index contributed by atoms with van der Waals surface area (Å²) in [5.41, 5.74) is 1.72. The number of carbonyl (C=O) groups excluding carboxylic acids is 1. The molecule has 1 fully saturated rings. The van der Waals surface area contributed by atoms with Crippen LogP contribution in [0.2, 0.25) is 0 Å². The van der Waals surface area contributed by atoms with Gasteiger partial charge < -0.3 is 10.6 Å². The Labute approximate surface area is 108 Å². The molecule has 100 valence electrons. The van der Waals surface area contributed by atoms with Gasteiger partial charge in [0, 0.05) is 13.6 Å². The molecule has 5 nitrogen and oxygen atoms in total. The molecule has 0 spiro atoms. The first-order valence-electron chi connectivity index (χ1n) is 6.50. The zero-order chi connectivity index (χ0) is 13.2. The highest BCUT2D eigenvalue weighted by molar-refractivity contribution is 5.92. The molecule has 0 atom stereocenters. The Bertz CT molecular complexity index is 432. The van der Waals surface area contributed by atoms with Gasteiger partial charge in [0.25, 0.3) is 5.91 Å². The maximum atomic E-state index is 12.1. The lowest BCUT2D eigenvalue weighted by Gasteiger charge is -2.34. The summed E-state index contributed by atoms with van der Waals surface area (Å²) in [5, 5.41) is 10.6. The van der Waals surface area contributed by atoms with Crippen molar-refractivity contribution >= 4 is 5.91 Å². The molecule has 1 aliphatic rings. The third-order valence-electron chi connectivity index (χ3n) is 3.72. The second-order valence-electron chi connectivity index (χ2n) is 5.54. The number of nitrogens with one attached hydrogen (secondary N) is 2. The van der Waals surface area contributed by atoms with Crippen LogP contribution in [0.25, 0.3) is 0 Å². The molecule has 0 bridgehead atoms. The van der Waals surface area contributed by atoms with Crippen molar-refractivity contribution in [3.8, 4) is 0 Å². The van der Waals surface area contributed by atoms with E-state index < -0.39 is 0 Å². The molecule has 1 amide bonds. The van der Waals surface area contributed by atoms with Crippen LogP contribution in [0, 0.1) is 12.3 Å². The number of carbonyl (C=O) groups is 1. The molecule has 2 N–H and O–H groups in total. The van der Waals surface area contributed by atoms with Crippen LogP contribution in [0.3, 0.4) is 0 Å². The summed E-state index contributed by atoms with van der Waals surface area (Å²) in [6, 6.07) is 1.82. The Morgan fingerprint density at radius 2 is 2.22 bits per heavy atom. The summed E-state index contributed by atoms with van der Waals surface area (Å²) in [7, 11) is 1.80. The van der Waals surface area contributed by atoms with Gasteiger partial charge in [0.05, 0.1) is 5.69 Å². The molecular formula is C13H22N4O. The second-order valence-corrected chi connectivity index (χ2v) is 5.54. The SMILES string of the molecule is Cc1cc(C(=O)NCC2(C)CCNCC2)n(C)n1. The normalized spacial score (nSPS) is 18.6. The predicted molar refractivity (Wildman–Crippen MR) is 70.5 cm³/mol. The van der Waals surface area contributed by atoms with Gasteiger partial charge in [-0.3, -0.25) is 9.48 Å². The maximum Gasteiger partial charge on any atom is 0.269 e. The molecule has 1 saturated heterocycles. The standard InChI is InChI=1S/C13H22N4O/c1-10-8-11(17(3)16-10)12(18)15-9-13(2)4-6-14-7-5-13/h8,14H,4-7,9H2,1-3H3,(H,15,18). The van der Waals surface area contributed by atoms with Gasteiger partial charge >= 0.3 is 0 Å². The fraction of sp³-hybridized carbons (Fsp3) is 0.692. The molecule has 0 unspecified atom stereocenters. The van der Waals surface area contributed by atoms with Gasteiger partial charge in [-0.15, -0.1) is 0 Å². The number of aromatic nitrogens is 2. The van der Waals surface area contributed by atoms with Crippen LogP contribution < -0.4 is 10.6 Å². The quantitative estimate of drug-likeness (QED) is 0.836. The maximum absolute atomic E-state index is 12.1. The van der Waals surface area contributed by atoms with Gasteiger partial charge in [-0.05, 0) is 44.3 Å². The van der Waals surface area contributed by atoms with Crippen LogP contribution in [0.5, 0.6) is 0 Å². The van der Waals surface area contributed by atoms with Crippen LogP contribution in [0.1, 0.15) is 35.9 Å². The van der Waals surface area contributed by atoms with Crippen LogP contribution >= 0.6 is 0 Å². The lowest BCUT2D eigenvalue weighted by molar-refractivity contribution is 0.0913. The predicted octanol–water partition coefficient (Wildman–Crippen LogP) is 0.848. The summed E-state index contributed by atoms with van der Waals surface area (Å²) in [6.45, 7) is 6.94. The van der Waals surface area contributed by atoms with Crippen molar-refractivity contribution in [2.45, 2.75) is 26.7 Å². The molecular weight excluding hydrogens is 228 g/mol. The number of hydrogen-bond donors (Lipinski definition) is 2. The number of rotatable bonds is 3. The third kappa shape index (κ3) is 2.90. The molecule has 0 saturated carbocycles. The Balaban J connectivity index is 1.94. The van der Waals surface area contributed by atoms with Gasteiger partial charge in [-0.25, -0.2) is 0 Å². The van der Waals surface area contributed by atoms with E-state index in [1.807, 2.05) is 13.0 Å². The van der Waals surface area contributed by atoms with Crippen LogP contribution in [0.4, 0.5) is 0 Å². The Hall–Kier alpha value is -1.36. The van der Waals surface area contributed by atoms with E-state index >= 15 is 0 Å². The van der Waals surface area contributed by atoms with Gasteiger partial charge in [0.1, 0.15) is 5.69 Å². The van der Waals surface area contributed by atoms with Gasteiger partial charge in [0.2, 0.25) is 0 Å². The van der Waals surface area contributed by atoms with Crippen LogP contribution in [-0.4, -0.2) is 35.3 Å². The molecule has 1 aromatic rings. The van der Waals surface area contributed by atoms with Crippen molar-refractivity contribution in [2.24, 2.45) is 12.5 Å². The van der Waals surface area contributed by atoms with Crippen LogP contribution in [-0.2, 0) is 7.05 Å². The van der Waals surface area contributed by atoms with E-state index in [9.17, 15) is 4.79 Å². The minimum atomic E-state index is -0.0298. The van der Waals surface area contributed by atoms with Crippen molar-refractivity contribution in [1.82, 2.24) is 20.4 Å². The van der Waals surface area contributed by atoms with E-state index in [0.29, 0.717) is 5.69 Å². The Morgan fingerprint density at radius 1 is 1.56 bits per heavy atom. The lowest BCUT2D eigenvalue weighted by Crippen LogP contribution is -2.43. The number of nitrogens with zero attached hydrogens (tertiary/aromatic N) is 2. The van der Waals surface area contributed by atoms with E-state index in [4.69, 9.17) is 0 Å². The summed E-state index contributed by atoms with van der Waals surface area (Å²) in [4.78, 5) is 12.1. The summed E-state index contributed by atoms with van der Waals surface area (Å²) in [6.07, 6.45) is 2.22. The first kappa shape index (κ1) is 13.1. The Kier molecular flexibility index (Phi) is 3.71. The fourth-order valence-corrected chi connectivity index (χ4v) is 2.41. The molecule has 0 aromatic carbocycles. The van der Waals surface area contributed by atoms with Gasteiger partial charge in [0.15, 0.2) is 0 Å². The summed E-state index contributed by atoms with van der Waals surface area (Å²) >= 11 is 0. The fourth-order valence-electron chi connectivity index (χ4n) is 2.41. The van der Waals surface area contributed by atoms with E-state index in [1.165, 1.54) is 0 Å². The molecule has 2 rings (SSSR count). The topological polar surface area (TPSA) is 59.0 Å². The van der Waals surface area contributed by atoms with Gasteiger partial charge in [-0.1, -0.05) is 6.92 Å². The molecule has 1 aliphatic heterocycles. The largest absolute Gasteiger partial charge is 0.350 e. The minimum absolute atomic E-state index is 0.0298. The molecule has 2 heterocycles. The van der Waals surface area contributed by atoms with Crippen LogP contribution in [0.15, 0.2) is 6.07 Å². The highest BCUT2D eigenvalue weighted by Gasteiger charge is 2.27. The van der Waals surface area contributed by atoms with E-state index in [1.54, 1.807) is 11.7 Å². The van der Waals surface area contributed by atoms with E-state index in [0.717, 1.165) is 38.2 Å². The molecule has 1 aromatic heterocycles. The van der Waals surface area contributed by atoms with Crippen molar-refractivity contribution in [3.05, 3.63) is 17.5 Å². The molecule has 0 aliphatic carbocycles. The summed E-state index contributed by atoms with van der Waals surface area (Å²) in [5.74, 6) is -0.0298. The minimum Gasteiger partial charge on any atom is -0.350 e. The van der Waals surface area contributed by atoms with Gasteiger partial charge in [-0.2, -0.15) is 5.10 Å².